The smallest absolute Gasteiger partial charge is 0.300 e. The zero-order chi connectivity index (χ0) is 109. The van der Waals surface area contributed by atoms with Crippen LogP contribution in [0.3, 0.4) is 0 Å². The Labute approximate surface area is 820 Å². The van der Waals surface area contributed by atoms with E-state index >= 15 is 0 Å². The molecule has 0 aliphatic carbocycles. The van der Waals surface area contributed by atoms with Crippen LogP contribution < -0.4 is 0 Å². The van der Waals surface area contributed by atoms with Crippen molar-refractivity contribution in [3.63, 3.8) is 0 Å². The van der Waals surface area contributed by atoms with Crippen LogP contribution in [-0.4, -0.2) is 182 Å². The molecule has 0 aliphatic heterocycles. The van der Waals surface area contributed by atoms with Crippen molar-refractivity contribution < 1.29 is 104 Å². The van der Waals surface area contributed by atoms with Gasteiger partial charge in [0.25, 0.3) is 35.8 Å². The fraction of sp³-hybridized carbons (Fsp3) is 0.316. The summed E-state index contributed by atoms with van der Waals surface area (Å²) >= 11 is 0. The highest BCUT2D eigenvalue weighted by Gasteiger charge is 1.70. The lowest BCUT2D eigenvalue weighted by Gasteiger charge is -1.69. The molecule has 0 saturated carbocycles. The predicted molar refractivity (Wildman–Crippen MR) is 581 cm³/mol. The molecule has 21 nitrogen and oxygen atoms in total. The van der Waals surface area contributed by atoms with Gasteiger partial charge in [0.2, 0.25) is 0 Å². The van der Waals surface area contributed by atoms with Gasteiger partial charge in [0, 0.05) is 127 Å². The Morgan fingerprint density at radius 3 is 0.141 bits per heavy atom. The van der Waals surface area contributed by atoms with Gasteiger partial charge in [0.1, 0.15) is 0 Å². The molecule has 0 aliphatic rings. The van der Waals surface area contributed by atoms with E-state index in [9.17, 15) is 0 Å². The second-order valence-corrected chi connectivity index (χ2v) is 22.4. The Hall–Kier alpha value is -12.9. The lowest BCUT2D eigenvalue weighted by Crippen LogP contribution is -1.78. The third-order valence-corrected chi connectivity index (χ3v) is 8.00. The standard InChI is InChI=1S/12C6H6.6C3H8.6C2H4O2.3C2H6O.6CH4O/c12*1-2-4-6-5-3-1;6*1-3-2;6*1-2(3)4;3*1-3-2;6*1-2/h12*1-6H;6*3H2,1-2H3;6*1H3,(H,3,4);3*1-2H3;6*2H,1H3. The molecule has 0 bridgehead atoms. The predicted octanol–water partition coefficient (Wildman–Crippen LogP) is 27.7. The zero-order valence-corrected chi connectivity index (χ0v) is 87.9. The van der Waals surface area contributed by atoms with Crippen LogP contribution in [0, 0.1) is 0 Å². The number of carboxylic acid groups (broad SMARTS) is 6. The number of benzene rings is 12. The van der Waals surface area contributed by atoms with Gasteiger partial charge >= 0.3 is 0 Å². The first-order valence-electron chi connectivity index (χ1n) is 43.2. The quantitative estimate of drug-likeness (QED) is 0.0671. The van der Waals surface area contributed by atoms with Gasteiger partial charge < -0.3 is 75.5 Å². The van der Waals surface area contributed by atoms with Crippen LogP contribution in [0.25, 0.3) is 0 Å². The monoisotopic (exact) mass is 1890 g/mol. The van der Waals surface area contributed by atoms with E-state index in [2.05, 4.69) is 97.3 Å². The highest BCUT2D eigenvalue weighted by Crippen LogP contribution is 1.87. The number of aliphatic hydroxyl groups excluding tert-OH is 6. The van der Waals surface area contributed by atoms with Crippen LogP contribution in [0.2, 0.25) is 0 Å². The Bertz CT molecular complexity index is 2280. The molecule has 0 saturated heterocycles. The summed E-state index contributed by atoms with van der Waals surface area (Å²) in [6, 6.07) is 144. The van der Waals surface area contributed by atoms with Crippen LogP contribution in [0.1, 0.15) is 163 Å². The molecule has 135 heavy (non-hydrogen) atoms. The fourth-order valence-electron chi connectivity index (χ4n) is 4.62. The van der Waals surface area contributed by atoms with Gasteiger partial charge in [0.15, 0.2) is 0 Å². The van der Waals surface area contributed by atoms with Gasteiger partial charge in [-0.3, -0.25) is 28.8 Å². The lowest BCUT2D eigenvalue weighted by molar-refractivity contribution is -0.135. The van der Waals surface area contributed by atoms with Crippen molar-refractivity contribution in [3.8, 4) is 0 Å². The normalized spacial score (nSPS) is 6.84. The molecule has 0 fully saturated rings. The van der Waals surface area contributed by atoms with Crippen LogP contribution in [0.4, 0.5) is 0 Å². The van der Waals surface area contributed by atoms with Crippen molar-refractivity contribution in [1.29, 1.82) is 0 Å². The minimum Gasteiger partial charge on any atom is -0.481 e. The molecule has 12 rings (SSSR count). The first-order valence-corrected chi connectivity index (χ1v) is 43.2. The van der Waals surface area contributed by atoms with Crippen LogP contribution >= 0.6 is 0 Å². The van der Waals surface area contributed by atoms with Crippen molar-refractivity contribution >= 4 is 35.8 Å². The highest BCUT2D eigenvalue weighted by molar-refractivity contribution is 5.64. The summed E-state index contributed by atoms with van der Waals surface area (Å²) in [6.07, 6.45) is 7.50. The minimum absolute atomic E-state index is 0.833. The second kappa shape index (κ2) is 236. The molecule has 0 amide bonds. The minimum atomic E-state index is -0.833. The molecule has 0 aromatic heterocycles. The van der Waals surface area contributed by atoms with E-state index in [1.807, 2.05) is 437 Å². The average Bonchev–Trinajstić information content (AvgIpc) is 1.19. The van der Waals surface area contributed by atoms with Gasteiger partial charge in [-0.05, 0) is 0 Å². The molecule has 21 heteroatoms. The maximum Gasteiger partial charge on any atom is 0.300 e. The van der Waals surface area contributed by atoms with E-state index in [1.54, 1.807) is 42.7 Å². The summed E-state index contributed by atoms with van der Waals surface area (Å²) in [6.45, 7) is 32.0. The molecule has 12 aromatic carbocycles. The third-order valence-electron chi connectivity index (χ3n) is 8.00. The summed E-state index contributed by atoms with van der Waals surface area (Å²) < 4.78 is 12.8. The molecule has 12 N–H and O–H groups in total. The van der Waals surface area contributed by atoms with Gasteiger partial charge in [-0.1, -0.05) is 558 Å². The summed E-state index contributed by atoms with van der Waals surface area (Å²) in [4.78, 5) is 54.0. The number of rotatable bonds is 0. The van der Waals surface area contributed by atoms with Crippen molar-refractivity contribution in [2.45, 2.75) is 163 Å². The van der Waals surface area contributed by atoms with Gasteiger partial charge in [0.05, 0.1) is 0 Å². The van der Waals surface area contributed by atoms with Crippen LogP contribution in [0.15, 0.2) is 437 Å². The molecule has 0 radical (unpaired) electrons. The lowest BCUT2D eigenvalue weighted by atomic mass is 10.4. The highest BCUT2D eigenvalue weighted by atomic mass is 16.5. The third kappa shape index (κ3) is 492. The largest absolute Gasteiger partial charge is 0.481 e. The molecular formula is C114H186O21. The Balaban J connectivity index is -0.0000000526. The van der Waals surface area contributed by atoms with Crippen molar-refractivity contribution in [1.82, 2.24) is 0 Å². The molecule has 0 heterocycles. The number of aliphatic hydroxyl groups is 6. The molecule has 768 valence electrons. The number of hydrogen-bond acceptors (Lipinski definition) is 15. The first kappa shape index (κ1) is 175. The maximum atomic E-state index is 9.00. The van der Waals surface area contributed by atoms with E-state index in [1.165, 1.54) is 38.5 Å². The SMILES string of the molecule is CC(=O)O.CC(=O)O.CC(=O)O.CC(=O)O.CC(=O)O.CC(=O)O.CCC.CCC.CCC.CCC.CCC.CCC.CO.CO.CO.CO.CO.CO.COC.COC.COC.c1ccccc1.c1ccccc1.c1ccccc1.c1ccccc1.c1ccccc1.c1ccccc1.c1ccccc1.c1ccccc1.c1ccccc1.c1ccccc1.c1ccccc1.c1ccccc1. The number of methoxy groups -OCH3 is 3. The Morgan fingerprint density at radius 2 is 0.133 bits per heavy atom. The van der Waals surface area contributed by atoms with E-state index in [0.29, 0.717) is 0 Å². The molecule has 0 spiro atoms. The van der Waals surface area contributed by atoms with E-state index in [-0.39, 0.29) is 0 Å². The van der Waals surface area contributed by atoms with Crippen LogP contribution in [-0.2, 0) is 43.0 Å². The van der Waals surface area contributed by atoms with E-state index in [4.69, 9.17) is 90.0 Å². The number of ether oxygens (including phenoxy) is 3. The fourth-order valence-corrected chi connectivity index (χ4v) is 4.62. The number of carbonyl (C=O) groups is 6. The number of carboxylic acids is 6. The van der Waals surface area contributed by atoms with Gasteiger partial charge in [-0.2, -0.15) is 0 Å². The first-order chi connectivity index (χ1) is 65.1. The maximum absolute atomic E-state index is 9.00. The van der Waals surface area contributed by atoms with Crippen molar-refractivity contribution in [2.24, 2.45) is 0 Å². The average molecular weight is 1890 g/mol. The zero-order valence-electron chi connectivity index (χ0n) is 87.9. The van der Waals surface area contributed by atoms with Gasteiger partial charge in [-0.15, -0.1) is 0 Å². The Kier molecular flexibility index (Phi) is 306. The number of aliphatic carboxylic acids is 6. The summed E-state index contributed by atoms with van der Waals surface area (Å²) in [7, 11) is 15.8. The van der Waals surface area contributed by atoms with Crippen LogP contribution in [0.5, 0.6) is 0 Å². The molecule has 0 atom stereocenters. The second-order valence-electron chi connectivity index (χ2n) is 22.4. The van der Waals surface area contributed by atoms with Crippen molar-refractivity contribution in [2.75, 3.05) is 85.3 Å². The molecule has 12 aromatic rings. The molecular weight excluding hydrogens is 1710 g/mol. The molecule has 0 unspecified atom stereocenters. The summed E-state index contributed by atoms with van der Waals surface area (Å²) in [5.41, 5.74) is 0. The van der Waals surface area contributed by atoms with Crippen molar-refractivity contribution in [3.05, 3.63) is 437 Å². The van der Waals surface area contributed by atoms with E-state index < -0.39 is 35.8 Å². The van der Waals surface area contributed by atoms with E-state index in [0.717, 1.165) is 84.2 Å². The number of hydrogen-bond donors (Lipinski definition) is 12. The van der Waals surface area contributed by atoms with Gasteiger partial charge in [-0.25, -0.2) is 0 Å². The Morgan fingerprint density at radius 1 is 0.126 bits per heavy atom. The summed E-state index contributed by atoms with van der Waals surface area (Å²) in [5, 5.41) is 86.5. The summed E-state index contributed by atoms with van der Waals surface area (Å²) in [5.74, 6) is -5.00. The topological polar surface area (TPSA) is 373 Å².